The van der Waals surface area contributed by atoms with Crippen LogP contribution < -0.4 is 0 Å². The van der Waals surface area contributed by atoms with Crippen LogP contribution in [-0.4, -0.2) is 0 Å². The minimum Gasteiger partial charge on any atom is -0.0885 e. The summed E-state index contributed by atoms with van der Waals surface area (Å²) in [5.41, 5.74) is 0. The molecule has 0 fully saturated rings. The van der Waals surface area contributed by atoms with Gasteiger partial charge in [0.05, 0.1) is 0 Å². The molecule has 0 aromatic heterocycles. The molecule has 0 aromatic carbocycles. The molecule has 172 valence electrons. The van der Waals surface area contributed by atoms with Crippen molar-refractivity contribution in [1.29, 1.82) is 0 Å². The zero-order valence-corrected chi connectivity index (χ0v) is 20.2. The van der Waals surface area contributed by atoms with Gasteiger partial charge in [0.1, 0.15) is 0 Å². The average molecular weight is 405 g/mol. The fourth-order valence-electron chi connectivity index (χ4n) is 4.12. The first kappa shape index (κ1) is 28.7. The lowest BCUT2D eigenvalue weighted by Gasteiger charge is -2.04. The topological polar surface area (TPSA) is 0 Å². The molecule has 29 heavy (non-hydrogen) atoms. The van der Waals surface area contributed by atoms with Gasteiger partial charge in [0, 0.05) is 0 Å². The first-order valence-corrected chi connectivity index (χ1v) is 13.6. The summed E-state index contributed by atoms with van der Waals surface area (Å²) in [6.45, 7) is 7.79. The Balaban J connectivity index is 3.01. The lowest BCUT2D eigenvalue weighted by Crippen LogP contribution is -1.84. The van der Waals surface area contributed by atoms with E-state index in [4.69, 9.17) is 0 Å². The second kappa shape index (κ2) is 27.7. The fourth-order valence-corrected chi connectivity index (χ4v) is 4.12. The van der Waals surface area contributed by atoms with Crippen LogP contribution in [-0.2, 0) is 0 Å². The van der Waals surface area contributed by atoms with E-state index in [1.165, 1.54) is 148 Å². The number of unbranched alkanes of at least 4 members (excludes halogenated alkanes) is 23. The van der Waals surface area contributed by atoms with Gasteiger partial charge in [-0.1, -0.05) is 161 Å². The Kier molecular flexibility index (Phi) is 27.5. The number of hydrogen-bond donors (Lipinski definition) is 0. The van der Waals surface area contributed by atoms with Crippen molar-refractivity contribution >= 4 is 0 Å². The third-order valence-electron chi connectivity index (χ3n) is 6.16. The van der Waals surface area contributed by atoms with Gasteiger partial charge < -0.3 is 0 Å². The molecule has 0 unspecified atom stereocenters. The minimum atomic E-state index is 1.07. The lowest BCUT2D eigenvalue weighted by molar-refractivity contribution is 0.521. The summed E-state index contributed by atoms with van der Waals surface area (Å²) < 4.78 is 0. The van der Waals surface area contributed by atoms with Crippen LogP contribution in [0.5, 0.6) is 0 Å². The van der Waals surface area contributed by atoms with Gasteiger partial charge >= 0.3 is 0 Å². The SMILES string of the molecule is [CH2]CCCC=CCCCCCCCCCCCCCCCCCCCCCC[CH2]. The van der Waals surface area contributed by atoms with E-state index in [0.29, 0.717) is 0 Å². The summed E-state index contributed by atoms with van der Waals surface area (Å²) in [6.07, 6.45) is 39.7. The Morgan fingerprint density at radius 2 is 0.517 bits per heavy atom. The summed E-state index contributed by atoms with van der Waals surface area (Å²) in [5, 5.41) is 0. The number of allylic oxidation sites excluding steroid dienone is 2. The normalized spacial score (nSPS) is 11.7. The molecule has 2 radical (unpaired) electrons. The molecule has 0 heteroatoms. The van der Waals surface area contributed by atoms with Crippen molar-refractivity contribution in [3.8, 4) is 0 Å². The van der Waals surface area contributed by atoms with Crippen LogP contribution in [0.2, 0.25) is 0 Å². The summed E-state index contributed by atoms with van der Waals surface area (Å²) in [5.74, 6) is 0. The smallest absolute Gasteiger partial charge is 0.0351 e. The van der Waals surface area contributed by atoms with Crippen molar-refractivity contribution in [2.24, 2.45) is 0 Å². The lowest BCUT2D eigenvalue weighted by atomic mass is 10.0. The minimum absolute atomic E-state index is 1.07. The van der Waals surface area contributed by atoms with Gasteiger partial charge in [-0.2, -0.15) is 0 Å². The second-order valence-electron chi connectivity index (χ2n) is 9.18. The van der Waals surface area contributed by atoms with Gasteiger partial charge in [-0.15, -0.1) is 0 Å². The summed E-state index contributed by atoms with van der Waals surface area (Å²) in [6, 6.07) is 0. The molecule has 0 aromatic rings. The highest BCUT2D eigenvalue weighted by molar-refractivity contribution is 4.81. The van der Waals surface area contributed by atoms with Gasteiger partial charge in [-0.05, 0) is 25.7 Å². The van der Waals surface area contributed by atoms with Crippen molar-refractivity contribution in [2.75, 3.05) is 0 Å². The van der Waals surface area contributed by atoms with E-state index in [1.807, 2.05) is 0 Å². The van der Waals surface area contributed by atoms with Crippen LogP contribution in [0, 0.1) is 13.8 Å². The maximum absolute atomic E-state index is 3.91. The molecule has 0 nitrogen and oxygen atoms in total. The molecule has 0 spiro atoms. The predicted octanol–water partition coefficient (Wildman–Crippen LogP) is 11.0. The maximum Gasteiger partial charge on any atom is -0.0351 e. The Morgan fingerprint density at radius 3 is 0.828 bits per heavy atom. The molecule has 0 heterocycles. The number of rotatable bonds is 25. The molecule has 0 saturated heterocycles. The largest absolute Gasteiger partial charge is 0.0885 e. The van der Waals surface area contributed by atoms with E-state index in [2.05, 4.69) is 26.0 Å². The summed E-state index contributed by atoms with van der Waals surface area (Å²) >= 11 is 0. The van der Waals surface area contributed by atoms with Crippen molar-refractivity contribution in [3.05, 3.63) is 26.0 Å². The van der Waals surface area contributed by atoms with E-state index in [0.717, 1.165) is 12.8 Å². The summed E-state index contributed by atoms with van der Waals surface area (Å²) in [7, 11) is 0. The quantitative estimate of drug-likeness (QED) is 0.105. The first-order chi connectivity index (χ1) is 14.4. The first-order valence-electron chi connectivity index (χ1n) is 13.6. The molecule has 0 N–H and O–H groups in total. The van der Waals surface area contributed by atoms with E-state index >= 15 is 0 Å². The van der Waals surface area contributed by atoms with Crippen molar-refractivity contribution in [3.63, 3.8) is 0 Å². The van der Waals surface area contributed by atoms with Crippen molar-refractivity contribution in [2.45, 2.75) is 161 Å². The highest BCUT2D eigenvalue weighted by atomic mass is 14.0. The molecular formula is C29H56. The second-order valence-corrected chi connectivity index (χ2v) is 9.18. The predicted molar refractivity (Wildman–Crippen MR) is 135 cm³/mol. The number of hydrogen-bond acceptors (Lipinski definition) is 0. The zero-order valence-electron chi connectivity index (χ0n) is 20.2. The average Bonchev–Trinajstić information content (AvgIpc) is 2.74. The van der Waals surface area contributed by atoms with Gasteiger partial charge in [-0.25, -0.2) is 0 Å². The van der Waals surface area contributed by atoms with E-state index in [1.54, 1.807) is 0 Å². The van der Waals surface area contributed by atoms with E-state index < -0.39 is 0 Å². The molecule has 0 amide bonds. The Morgan fingerprint density at radius 1 is 0.276 bits per heavy atom. The van der Waals surface area contributed by atoms with E-state index in [-0.39, 0.29) is 0 Å². The third kappa shape index (κ3) is 27.7. The van der Waals surface area contributed by atoms with Gasteiger partial charge in [0.25, 0.3) is 0 Å². The molecule has 0 saturated carbocycles. The fraction of sp³-hybridized carbons (Fsp3) is 0.862. The third-order valence-corrected chi connectivity index (χ3v) is 6.16. The van der Waals surface area contributed by atoms with Crippen molar-refractivity contribution in [1.82, 2.24) is 0 Å². The molecule has 0 aliphatic heterocycles. The van der Waals surface area contributed by atoms with Crippen LogP contribution in [0.4, 0.5) is 0 Å². The van der Waals surface area contributed by atoms with Crippen LogP contribution in [0.3, 0.4) is 0 Å². The van der Waals surface area contributed by atoms with Gasteiger partial charge in [-0.3, -0.25) is 0 Å². The van der Waals surface area contributed by atoms with E-state index in [9.17, 15) is 0 Å². The standard InChI is InChI=1S/C29H56/c1-3-5-7-9-11-13-15-17-19-21-23-25-27-29-28-26-24-22-20-18-16-14-12-10-8-6-4-2/h9,11H,1-8,10,12-29H2. The Bertz CT molecular complexity index is 290. The molecule has 0 aliphatic carbocycles. The molecule has 0 aliphatic rings. The molecule has 0 rings (SSSR count). The van der Waals surface area contributed by atoms with Gasteiger partial charge in [0.15, 0.2) is 0 Å². The Labute approximate surface area is 186 Å². The highest BCUT2D eigenvalue weighted by Gasteiger charge is 1.95. The summed E-state index contributed by atoms with van der Waals surface area (Å²) in [4.78, 5) is 0. The molecule has 0 atom stereocenters. The van der Waals surface area contributed by atoms with Crippen LogP contribution in [0.15, 0.2) is 12.2 Å². The van der Waals surface area contributed by atoms with Crippen molar-refractivity contribution < 1.29 is 0 Å². The van der Waals surface area contributed by atoms with Crippen LogP contribution in [0.25, 0.3) is 0 Å². The monoisotopic (exact) mass is 404 g/mol. The maximum atomic E-state index is 3.91. The zero-order chi connectivity index (χ0) is 21.1. The molecular weight excluding hydrogens is 348 g/mol. The highest BCUT2D eigenvalue weighted by Crippen LogP contribution is 2.15. The Hall–Kier alpha value is -0.260. The van der Waals surface area contributed by atoms with Crippen LogP contribution in [0.1, 0.15) is 161 Å². The van der Waals surface area contributed by atoms with Crippen LogP contribution >= 0.6 is 0 Å². The molecule has 0 bridgehead atoms. The van der Waals surface area contributed by atoms with Gasteiger partial charge in [0.2, 0.25) is 0 Å².